The molecule has 0 bridgehead atoms. The smallest absolute Gasteiger partial charge is 0.357 e. The van der Waals surface area contributed by atoms with Crippen molar-refractivity contribution in [3.63, 3.8) is 0 Å². The van der Waals surface area contributed by atoms with Crippen LogP contribution in [-0.2, 0) is 11.3 Å². The van der Waals surface area contributed by atoms with Gasteiger partial charge in [-0.1, -0.05) is 18.2 Å². The van der Waals surface area contributed by atoms with Crippen LogP contribution in [0.5, 0.6) is 5.75 Å². The Kier molecular flexibility index (Phi) is 4.02. The Morgan fingerprint density at radius 1 is 1.17 bits per heavy atom. The second kappa shape index (κ2) is 6.12. The zero-order valence-electron chi connectivity index (χ0n) is 13.4. The van der Waals surface area contributed by atoms with Crippen LogP contribution in [0.2, 0.25) is 0 Å². The van der Waals surface area contributed by atoms with E-state index in [0.29, 0.717) is 11.4 Å². The molecule has 3 rings (SSSR count). The second-order valence-electron chi connectivity index (χ2n) is 5.35. The molecule has 0 aliphatic heterocycles. The lowest BCUT2D eigenvalue weighted by molar-refractivity contribution is 0.0463. The standard InChI is InChI=1S/C18H18N2O3/c1-12-5-4-10-20-16(13(2)19-17(12)20)18(21)23-11-14-6-8-15(22-3)9-7-14/h4-10H,11H2,1-3H3. The number of carbonyl (C=O) groups excluding carboxylic acids is 1. The summed E-state index contributed by atoms with van der Waals surface area (Å²) in [6, 6.07) is 11.3. The van der Waals surface area contributed by atoms with Crippen molar-refractivity contribution in [2.45, 2.75) is 20.5 Å². The van der Waals surface area contributed by atoms with Gasteiger partial charge in [0.1, 0.15) is 18.0 Å². The fourth-order valence-corrected chi connectivity index (χ4v) is 2.50. The van der Waals surface area contributed by atoms with Crippen LogP contribution in [0.4, 0.5) is 0 Å². The average Bonchev–Trinajstić information content (AvgIpc) is 2.91. The summed E-state index contributed by atoms with van der Waals surface area (Å²) < 4.78 is 12.3. The van der Waals surface area contributed by atoms with Crippen LogP contribution >= 0.6 is 0 Å². The molecule has 0 radical (unpaired) electrons. The third kappa shape index (κ3) is 2.90. The Labute approximate surface area is 134 Å². The third-order valence-electron chi connectivity index (χ3n) is 3.74. The summed E-state index contributed by atoms with van der Waals surface area (Å²) in [7, 11) is 1.62. The van der Waals surface area contributed by atoms with E-state index in [1.807, 2.05) is 56.4 Å². The molecule has 1 aromatic carbocycles. The molecule has 118 valence electrons. The summed E-state index contributed by atoms with van der Waals surface area (Å²) >= 11 is 0. The molecule has 5 nitrogen and oxygen atoms in total. The van der Waals surface area contributed by atoms with Gasteiger partial charge in [-0.15, -0.1) is 0 Å². The predicted octanol–water partition coefficient (Wildman–Crippen LogP) is 3.32. The highest BCUT2D eigenvalue weighted by molar-refractivity contribution is 5.90. The molecule has 3 aromatic rings. The first-order valence-corrected chi connectivity index (χ1v) is 7.34. The van der Waals surface area contributed by atoms with Crippen LogP contribution in [0, 0.1) is 13.8 Å². The summed E-state index contributed by atoms with van der Waals surface area (Å²) in [4.78, 5) is 16.9. The van der Waals surface area contributed by atoms with Gasteiger partial charge in [0.05, 0.1) is 12.8 Å². The molecule has 0 aliphatic carbocycles. The Morgan fingerprint density at radius 3 is 2.61 bits per heavy atom. The van der Waals surface area contributed by atoms with E-state index in [4.69, 9.17) is 9.47 Å². The number of nitrogens with zero attached hydrogens (tertiary/aromatic N) is 2. The minimum absolute atomic E-state index is 0.210. The third-order valence-corrected chi connectivity index (χ3v) is 3.74. The molecule has 0 N–H and O–H groups in total. The Balaban J connectivity index is 1.80. The van der Waals surface area contributed by atoms with Crippen molar-refractivity contribution in [1.82, 2.24) is 9.38 Å². The highest BCUT2D eigenvalue weighted by Gasteiger charge is 2.18. The van der Waals surface area contributed by atoms with E-state index < -0.39 is 0 Å². The van der Waals surface area contributed by atoms with Crippen molar-refractivity contribution in [2.24, 2.45) is 0 Å². The van der Waals surface area contributed by atoms with Crippen LogP contribution in [0.15, 0.2) is 42.6 Å². The summed E-state index contributed by atoms with van der Waals surface area (Å²) in [5.74, 6) is 0.393. The maximum atomic E-state index is 12.4. The molecular weight excluding hydrogens is 292 g/mol. The second-order valence-corrected chi connectivity index (χ2v) is 5.35. The summed E-state index contributed by atoms with van der Waals surface area (Å²) in [5, 5.41) is 0. The number of aryl methyl sites for hydroxylation is 2. The SMILES string of the molecule is COc1ccc(COC(=O)c2c(C)nc3c(C)cccn23)cc1. The number of hydrogen-bond donors (Lipinski definition) is 0. The Morgan fingerprint density at radius 2 is 1.91 bits per heavy atom. The molecule has 0 amide bonds. The Bertz CT molecular complexity index is 851. The number of benzene rings is 1. The van der Waals surface area contributed by atoms with Crippen molar-refractivity contribution in [2.75, 3.05) is 7.11 Å². The normalized spacial score (nSPS) is 10.7. The minimum Gasteiger partial charge on any atom is -0.497 e. The van der Waals surface area contributed by atoms with Gasteiger partial charge >= 0.3 is 5.97 Å². The van der Waals surface area contributed by atoms with Crippen molar-refractivity contribution in [3.8, 4) is 5.75 Å². The maximum Gasteiger partial charge on any atom is 0.357 e. The van der Waals surface area contributed by atoms with Crippen LogP contribution in [-0.4, -0.2) is 22.5 Å². The number of imidazole rings is 1. The molecule has 2 heterocycles. The molecule has 23 heavy (non-hydrogen) atoms. The fraction of sp³-hybridized carbons (Fsp3) is 0.222. The number of hydrogen-bond acceptors (Lipinski definition) is 4. The number of methoxy groups -OCH3 is 1. The van der Waals surface area contributed by atoms with E-state index in [-0.39, 0.29) is 12.6 Å². The minimum atomic E-state index is -0.378. The molecular formula is C18H18N2O3. The van der Waals surface area contributed by atoms with E-state index in [9.17, 15) is 4.79 Å². The zero-order chi connectivity index (χ0) is 16.4. The quantitative estimate of drug-likeness (QED) is 0.694. The van der Waals surface area contributed by atoms with Gasteiger partial charge in [-0.3, -0.25) is 4.40 Å². The monoisotopic (exact) mass is 310 g/mol. The largest absolute Gasteiger partial charge is 0.497 e. The molecule has 0 atom stereocenters. The first kappa shape index (κ1) is 15.1. The van der Waals surface area contributed by atoms with Gasteiger partial charge < -0.3 is 9.47 Å². The highest BCUT2D eigenvalue weighted by Crippen LogP contribution is 2.17. The molecule has 0 saturated heterocycles. The van der Waals surface area contributed by atoms with Gasteiger partial charge in [0.2, 0.25) is 0 Å². The molecule has 0 fully saturated rings. The molecule has 0 unspecified atom stereocenters. The average molecular weight is 310 g/mol. The maximum absolute atomic E-state index is 12.4. The number of pyridine rings is 1. The number of aromatic nitrogens is 2. The van der Waals surface area contributed by atoms with Gasteiger partial charge in [0.15, 0.2) is 5.69 Å². The van der Waals surface area contributed by atoms with E-state index in [1.54, 1.807) is 11.5 Å². The van der Waals surface area contributed by atoms with Crippen molar-refractivity contribution in [3.05, 3.63) is 65.1 Å². The molecule has 0 saturated carbocycles. The van der Waals surface area contributed by atoms with Crippen molar-refractivity contribution < 1.29 is 14.3 Å². The van der Waals surface area contributed by atoms with Crippen LogP contribution in [0.3, 0.4) is 0 Å². The van der Waals surface area contributed by atoms with E-state index in [1.165, 1.54) is 0 Å². The summed E-state index contributed by atoms with van der Waals surface area (Å²) in [6.07, 6.45) is 1.83. The predicted molar refractivity (Wildman–Crippen MR) is 86.8 cm³/mol. The molecule has 2 aromatic heterocycles. The van der Waals surface area contributed by atoms with Crippen LogP contribution < -0.4 is 4.74 Å². The summed E-state index contributed by atoms with van der Waals surface area (Å²) in [5.41, 5.74) is 3.84. The lowest BCUT2D eigenvalue weighted by atomic mass is 10.2. The zero-order valence-corrected chi connectivity index (χ0v) is 13.4. The number of esters is 1. The number of ether oxygens (including phenoxy) is 2. The van der Waals surface area contributed by atoms with Gasteiger partial charge in [0.25, 0.3) is 0 Å². The van der Waals surface area contributed by atoms with Gasteiger partial charge in [0, 0.05) is 6.20 Å². The van der Waals surface area contributed by atoms with E-state index in [0.717, 1.165) is 22.5 Å². The van der Waals surface area contributed by atoms with Crippen molar-refractivity contribution in [1.29, 1.82) is 0 Å². The van der Waals surface area contributed by atoms with Gasteiger partial charge in [-0.05, 0) is 43.2 Å². The van der Waals surface area contributed by atoms with Crippen molar-refractivity contribution >= 4 is 11.6 Å². The lowest BCUT2D eigenvalue weighted by Gasteiger charge is -2.07. The highest BCUT2D eigenvalue weighted by atomic mass is 16.5. The Hall–Kier alpha value is -2.82. The van der Waals surface area contributed by atoms with Gasteiger partial charge in [-0.25, -0.2) is 9.78 Å². The van der Waals surface area contributed by atoms with Crippen LogP contribution in [0.25, 0.3) is 5.65 Å². The number of fused-ring (bicyclic) bond motifs is 1. The van der Waals surface area contributed by atoms with Gasteiger partial charge in [-0.2, -0.15) is 0 Å². The molecule has 0 aliphatic rings. The number of carbonyl (C=O) groups is 1. The first-order valence-electron chi connectivity index (χ1n) is 7.34. The number of rotatable bonds is 4. The molecule has 5 heteroatoms. The first-order chi connectivity index (χ1) is 11.1. The lowest BCUT2D eigenvalue weighted by Crippen LogP contribution is -2.10. The summed E-state index contributed by atoms with van der Waals surface area (Å²) in [6.45, 7) is 3.99. The van der Waals surface area contributed by atoms with E-state index >= 15 is 0 Å². The van der Waals surface area contributed by atoms with Crippen LogP contribution in [0.1, 0.15) is 27.3 Å². The van der Waals surface area contributed by atoms with E-state index in [2.05, 4.69) is 4.98 Å². The molecule has 0 spiro atoms. The fourth-order valence-electron chi connectivity index (χ4n) is 2.50. The topological polar surface area (TPSA) is 52.8 Å².